The number of aliphatic hydroxyl groups is 1. The summed E-state index contributed by atoms with van der Waals surface area (Å²) in [4.78, 5) is 0. The highest BCUT2D eigenvalue weighted by Gasteiger charge is 1.96. The third-order valence-corrected chi connectivity index (χ3v) is 2.34. The lowest BCUT2D eigenvalue weighted by molar-refractivity contribution is 0.343. The van der Waals surface area contributed by atoms with E-state index >= 15 is 0 Å². The maximum Gasteiger partial charge on any atom is 0.170 e. The first-order chi connectivity index (χ1) is 8.26. The average molecular weight is 250 g/mol. The number of anilines is 1. The number of nitrogens with one attached hydrogen (secondary N) is 2. The molecule has 0 aromatic heterocycles. The minimum atomic E-state index is 0.0497. The summed E-state index contributed by atoms with van der Waals surface area (Å²) in [5, 5.41) is 15.6. The van der Waals surface area contributed by atoms with E-state index in [-0.39, 0.29) is 6.61 Å². The van der Waals surface area contributed by atoms with Gasteiger partial charge in [0.15, 0.2) is 5.11 Å². The molecule has 17 heavy (non-hydrogen) atoms. The van der Waals surface area contributed by atoms with Crippen molar-refractivity contribution in [2.24, 2.45) is 0 Å². The fourth-order valence-corrected chi connectivity index (χ4v) is 1.54. The van der Waals surface area contributed by atoms with Crippen molar-refractivity contribution in [3.05, 3.63) is 35.9 Å². The second-order valence-corrected chi connectivity index (χ2v) is 4.00. The first kappa shape index (κ1) is 13.7. The van der Waals surface area contributed by atoms with Gasteiger partial charge >= 0.3 is 0 Å². The monoisotopic (exact) mass is 250 g/mol. The molecule has 0 spiro atoms. The van der Waals surface area contributed by atoms with Crippen molar-refractivity contribution in [2.45, 2.75) is 13.3 Å². The molecule has 0 saturated carbocycles. The van der Waals surface area contributed by atoms with Crippen LogP contribution in [0.5, 0.6) is 0 Å². The van der Waals surface area contributed by atoms with Crippen LogP contribution in [0, 0.1) is 0 Å². The van der Waals surface area contributed by atoms with Gasteiger partial charge in [0, 0.05) is 12.2 Å². The summed E-state index contributed by atoms with van der Waals surface area (Å²) in [7, 11) is 0. The van der Waals surface area contributed by atoms with Crippen LogP contribution in [-0.4, -0.2) is 23.4 Å². The molecule has 1 aromatic rings. The molecule has 0 aliphatic rings. The van der Waals surface area contributed by atoms with Gasteiger partial charge in [-0.15, -0.1) is 0 Å². The molecule has 0 atom stereocenters. The molecular formula is C13H18N2OS. The van der Waals surface area contributed by atoms with Crippen molar-refractivity contribution in [2.75, 3.05) is 18.5 Å². The van der Waals surface area contributed by atoms with E-state index in [1.807, 2.05) is 30.3 Å². The Morgan fingerprint density at radius 3 is 3.00 bits per heavy atom. The van der Waals surface area contributed by atoms with Crippen molar-refractivity contribution in [1.29, 1.82) is 0 Å². The number of hydrogen-bond donors (Lipinski definition) is 3. The largest absolute Gasteiger partial charge is 0.392 e. The molecule has 0 radical (unpaired) electrons. The Kier molecular flexibility index (Phi) is 6.29. The van der Waals surface area contributed by atoms with Crippen molar-refractivity contribution >= 4 is 29.1 Å². The number of rotatable bonds is 5. The predicted octanol–water partition coefficient (Wildman–Crippen LogP) is 2.39. The van der Waals surface area contributed by atoms with Gasteiger partial charge in [0.05, 0.1) is 6.61 Å². The zero-order valence-corrected chi connectivity index (χ0v) is 10.8. The van der Waals surface area contributed by atoms with Crippen LogP contribution in [0.1, 0.15) is 18.9 Å². The Morgan fingerprint density at radius 2 is 2.29 bits per heavy atom. The maximum absolute atomic E-state index is 8.71. The lowest BCUT2D eigenvalue weighted by atomic mass is 10.2. The average Bonchev–Trinajstić information content (AvgIpc) is 2.34. The van der Waals surface area contributed by atoms with Crippen molar-refractivity contribution in [3.8, 4) is 0 Å². The normalized spacial score (nSPS) is 10.5. The zero-order valence-electron chi connectivity index (χ0n) is 9.94. The van der Waals surface area contributed by atoms with E-state index in [2.05, 4.69) is 17.6 Å². The second-order valence-electron chi connectivity index (χ2n) is 3.59. The number of hydrogen-bond acceptors (Lipinski definition) is 2. The Labute approximate surface area is 108 Å². The highest BCUT2D eigenvalue weighted by molar-refractivity contribution is 7.80. The van der Waals surface area contributed by atoms with Crippen LogP contribution < -0.4 is 10.6 Å². The third kappa shape index (κ3) is 5.47. The van der Waals surface area contributed by atoms with E-state index in [4.69, 9.17) is 17.3 Å². The van der Waals surface area contributed by atoms with Crippen LogP contribution in [0.2, 0.25) is 0 Å². The van der Waals surface area contributed by atoms with Gasteiger partial charge in [-0.25, -0.2) is 0 Å². The van der Waals surface area contributed by atoms with Gasteiger partial charge in [-0.05, 0) is 36.3 Å². The lowest BCUT2D eigenvalue weighted by Gasteiger charge is -2.09. The summed E-state index contributed by atoms with van der Waals surface area (Å²) in [6.45, 7) is 3.01. The molecule has 0 bridgehead atoms. The summed E-state index contributed by atoms with van der Waals surface area (Å²) in [6.07, 6.45) is 4.61. The number of thiocarbonyl (C=S) groups is 1. The topological polar surface area (TPSA) is 44.3 Å². The van der Waals surface area contributed by atoms with Gasteiger partial charge in [0.1, 0.15) is 0 Å². The highest BCUT2D eigenvalue weighted by atomic mass is 32.1. The first-order valence-corrected chi connectivity index (χ1v) is 6.09. The minimum Gasteiger partial charge on any atom is -0.392 e. The van der Waals surface area contributed by atoms with Crippen LogP contribution in [0.15, 0.2) is 30.3 Å². The molecule has 92 valence electrons. The molecule has 0 saturated heterocycles. The molecule has 0 aliphatic heterocycles. The fourth-order valence-electron chi connectivity index (χ4n) is 1.32. The van der Waals surface area contributed by atoms with Gasteiger partial charge < -0.3 is 15.7 Å². The van der Waals surface area contributed by atoms with Crippen LogP contribution in [0.4, 0.5) is 5.69 Å². The van der Waals surface area contributed by atoms with Gasteiger partial charge in [-0.1, -0.05) is 31.2 Å². The molecular weight excluding hydrogens is 232 g/mol. The van der Waals surface area contributed by atoms with Gasteiger partial charge in [-0.2, -0.15) is 0 Å². The lowest BCUT2D eigenvalue weighted by Crippen LogP contribution is -2.28. The van der Waals surface area contributed by atoms with E-state index in [0.29, 0.717) is 5.11 Å². The molecule has 3 N–H and O–H groups in total. The minimum absolute atomic E-state index is 0.0497. The van der Waals surface area contributed by atoms with Crippen LogP contribution in [0.3, 0.4) is 0 Å². The number of benzene rings is 1. The van der Waals surface area contributed by atoms with Crippen molar-refractivity contribution in [1.82, 2.24) is 5.32 Å². The first-order valence-electron chi connectivity index (χ1n) is 5.68. The molecule has 0 heterocycles. The van der Waals surface area contributed by atoms with Crippen molar-refractivity contribution < 1.29 is 5.11 Å². The van der Waals surface area contributed by atoms with E-state index in [0.717, 1.165) is 24.2 Å². The van der Waals surface area contributed by atoms with Crippen LogP contribution >= 0.6 is 12.2 Å². The molecule has 0 aliphatic carbocycles. The second kappa shape index (κ2) is 7.81. The van der Waals surface area contributed by atoms with Gasteiger partial charge in [0.2, 0.25) is 0 Å². The molecule has 1 rings (SSSR count). The zero-order chi connectivity index (χ0) is 12.5. The molecule has 1 aromatic carbocycles. The van der Waals surface area contributed by atoms with E-state index in [1.165, 1.54) is 0 Å². The number of aliphatic hydroxyl groups excluding tert-OH is 1. The van der Waals surface area contributed by atoms with Crippen LogP contribution in [-0.2, 0) is 0 Å². The Morgan fingerprint density at radius 1 is 1.47 bits per heavy atom. The smallest absolute Gasteiger partial charge is 0.170 e. The summed E-state index contributed by atoms with van der Waals surface area (Å²) >= 11 is 5.15. The summed E-state index contributed by atoms with van der Waals surface area (Å²) in [5.41, 5.74) is 1.97. The summed E-state index contributed by atoms with van der Waals surface area (Å²) in [5.74, 6) is 0. The quantitative estimate of drug-likeness (QED) is 0.702. The summed E-state index contributed by atoms with van der Waals surface area (Å²) in [6, 6.07) is 7.85. The highest BCUT2D eigenvalue weighted by Crippen LogP contribution is 2.11. The van der Waals surface area contributed by atoms with E-state index < -0.39 is 0 Å². The Hall–Kier alpha value is -1.39. The van der Waals surface area contributed by atoms with E-state index in [9.17, 15) is 0 Å². The Balaban J connectivity index is 2.59. The Bertz CT molecular complexity index is 391. The molecule has 0 fully saturated rings. The molecule has 4 heteroatoms. The maximum atomic E-state index is 8.71. The third-order valence-electron chi connectivity index (χ3n) is 2.10. The van der Waals surface area contributed by atoms with Crippen molar-refractivity contribution in [3.63, 3.8) is 0 Å². The molecule has 0 unspecified atom stereocenters. The molecule has 3 nitrogen and oxygen atoms in total. The van der Waals surface area contributed by atoms with Gasteiger partial charge in [-0.3, -0.25) is 0 Å². The predicted molar refractivity (Wildman–Crippen MR) is 77.1 cm³/mol. The standard InChI is InChI=1S/C13H18N2OS/c1-2-8-14-13(17)15-12-7-3-5-11(10-12)6-4-9-16/h3-7,10,16H,2,8-9H2,1H3,(H2,14,15,17). The van der Waals surface area contributed by atoms with Gasteiger partial charge in [0.25, 0.3) is 0 Å². The SMILES string of the molecule is CCCNC(=S)Nc1cccc(C=CCO)c1. The summed E-state index contributed by atoms with van der Waals surface area (Å²) < 4.78 is 0. The van der Waals surface area contributed by atoms with E-state index in [1.54, 1.807) is 6.08 Å². The molecule has 0 amide bonds. The van der Waals surface area contributed by atoms with Crippen LogP contribution in [0.25, 0.3) is 6.08 Å². The fraction of sp³-hybridized carbons (Fsp3) is 0.308.